The van der Waals surface area contributed by atoms with Gasteiger partial charge in [0.25, 0.3) is 0 Å². The SMILES string of the molecule is OC1(CC23CC4CC(CC(C4)C2)C3)C2CCCC21. The molecule has 6 aliphatic rings. The van der Waals surface area contributed by atoms with Crippen molar-refractivity contribution in [1.82, 2.24) is 0 Å². The van der Waals surface area contributed by atoms with E-state index in [1.165, 1.54) is 64.2 Å². The maximum absolute atomic E-state index is 11.0. The number of aliphatic hydroxyl groups is 1. The molecule has 0 aliphatic heterocycles. The van der Waals surface area contributed by atoms with Crippen molar-refractivity contribution in [3.8, 4) is 0 Å². The van der Waals surface area contributed by atoms with Gasteiger partial charge in [-0.3, -0.25) is 0 Å². The number of rotatable bonds is 2. The Kier molecular flexibility index (Phi) is 1.88. The molecule has 0 spiro atoms. The van der Waals surface area contributed by atoms with Gasteiger partial charge in [-0.15, -0.1) is 0 Å². The molecule has 0 aromatic carbocycles. The van der Waals surface area contributed by atoms with E-state index in [1.54, 1.807) is 0 Å². The predicted octanol–water partition coefficient (Wildman–Crippen LogP) is 3.75. The van der Waals surface area contributed by atoms with Crippen molar-refractivity contribution in [2.24, 2.45) is 35.0 Å². The number of fused-ring (bicyclic) bond motifs is 1. The Morgan fingerprint density at radius 3 is 1.83 bits per heavy atom. The second-order valence-corrected chi connectivity index (χ2v) is 8.73. The van der Waals surface area contributed by atoms with E-state index in [0.29, 0.717) is 17.3 Å². The van der Waals surface area contributed by atoms with E-state index < -0.39 is 0 Å². The largest absolute Gasteiger partial charge is 0.389 e. The first-order valence-electron chi connectivity index (χ1n) is 8.39. The second kappa shape index (κ2) is 3.16. The molecule has 18 heavy (non-hydrogen) atoms. The van der Waals surface area contributed by atoms with Crippen molar-refractivity contribution in [1.29, 1.82) is 0 Å². The van der Waals surface area contributed by atoms with Crippen LogP contribution in [0.25, 0.3) is 0 Å². The molecular formula is C17H26O. The van der Waals surface area contributed by atoms with Crippen molar-refractivity contribution in [2.75, 3.05) is 0 Å². The Morgan fingerprint density at radius 1 is 0.833 bits per heavy atom. The van der Waals surface area contributed by atoms with Crippen molar-refractivity contribution in [2.45, 2.75) is 69.8 Å². The van der Waals surface area contributed by atoms with Crippen molar-refractivity contribution in [3.63, 3.8) is 0 Å². The average Bonchev–Trinajstić information content (AvgIpc) is 2.70. The van der Waals surface area contributed by atoms with Gasteiger partial charge in [0.1, 0.15) is 0 Å². The van der Waals surface area contributed by atoms with Crippen molar-refractivity contribution in [3.05, 3.63) is 0 Å². The molecule has 1 nitrogen and oxygen atoms in total. The summed E-state index contributed by atoms with van der Waals surface area (Å²) in [5.74, 6) is 4.55. The fraction of sp³-hybridized carbons (Fsp3) is 1.00. The van der Waals surface area contributed by atoms with E-state index in [0.717, 1.165) is 17.8 Å². The van der Waals surface area contributed by atoms with Gasteiger partial charge < -0.3 is 5.11 Å². The summed E-state index contributed by atoms with van der Waals surface area (Å²) >= 11 is 0. The average molecular weight is 246 g/mol. The molecule has 0 aromatic rings. The smallest absolute Gasteiger partial charge is 0.0716 e. The third kappa shape index (κ3) is 1.27. The van der Waals surface area contributed by atoms with E-state index in [4.69, 9.17) is 0 Å². The van der Waals surface area contributed by atoms with Crippen molar-refractivity contribution >= 4 is 0 Å². The second-order valence-electron chi connectivity index (χ2n) is 8.73. The molecule has 2 unspecified atom stereocenters. The van der Waals surface area contributed by atoms with E-state index >= 15 is 0 Å². The summed E-state index contributed by atoms with van der Waals surface area (Å²) in [7, 11) is 0. The molecule has 0 saturated heterocycles. The van der Waals surface area contributed by atoms with Gasteiger partial charge in [-0.25, -0.2) is 0 Å². The fourth-order valence-corrected chi connectivity index (χ4v) is 7.42. The standard InChI is InChI=1S/C17H26O/c18-17(14-2-1-3-15(14)17)10-16-7-11-4-12(8-16)6-13(5-11)9-16/h11-15,18H,1-10H2. The van der Waals surface area contributed by atoms with Crippen LogP contribution in [-0.2, 0) is 0 Å². The van der Waals surface area contributed by atoms with Gasteiger partial charge in [-0.05, 0) is 92.8 Å². The Bertz CT molecular complexity index is 340. The van der Waals surface area contributed by atoms with Crippen LogP contribution in [-0.4, -0.2) is 10.7 Å². The van der Waals surface area contributed by atoms with Crippen LogP contribution in [0.3, 0.4) is 0 Å². The van der Waals surface area contributed by atoms with Gasteiger partial charge >= 0.3 is 0 Å². The van der Waals surface area contributed by atoms with E-state index in [9.17, 15) is 5.11 Å². The Labute approximate surface area is 110 Å². The fourth-order valence-electron chi connectivity index (χ4n) is 7.42. The molecular weight excluding hydrogens is 220 g/mol. The zero-order chi connectivity index (χ0) is 12.0. The molecule has 100 valence electrons. The van der Waals surface area contributed by atoms with Crippen LogP contribution in [0.4, 0.5) is 0 Å². The van der Waals surface area contributed by atoms with Gasteiger partial charge in [0.15, 0.2) is 0 Å². The zero-order valence-corrected chi connectivity index (χ0v) is 11.4. The van der Waals surface area contributed by atoms with Gasteiger partial charge in [0.2, 0.25) is 0 Å². The molecule has 0 radical (unpaired) electrons. The van der Waals surface area contributed by atoms with Crippen LogP contribution in [0.5, 0.6) is 0 Å². The van der Waals surface area contributed by atoms with Crippen LogP contribution in [0, 0.1) is 35.0 Å². The normalized spacial score (nSPS) is 64.2. The quantitative estimate of drug-likeness (QED) is 0.786. The molecule has 0 amide bonds. The first kappa shape index (κ1) is 10.7. The maximum Gasteiger partial charge on any atom is 0.0716 e. The minimum Gasteiger partial charge on any atom is -0.389 e. The molecule has 1 heteroatoms. The Morgan fingerprint density at radius 2 is 1.33 bits per heavy atom. The number of hydrogen-bond donors (Lipinski definition) is 1. The summed E-state index contributed by atoms with van der Waals surface area (Å²) < 4.78 is 0. The highest BCUT2D eigenvalue weighted by Crippen LogP contribution is 2.69. The highest BCUT2D eigenvalue weighted by molar-refractivity contribution is 5.18. The number of hydrogen-bond acceptors (Lipinski definition) is 1. The first-order valence-corrected chi connectivity index (χ1v) is 8.39. The topological polar surface area (TPSA) is 20.2 Å². The lowest BCUT2D eigenvalue weighted by Gasteiger charge is -2.57. The van der Waals surface area contributed by atoms with Crippen LogP contribution >= 0.6 is 0 Å². The molecule has 1 N–H and O–H groups in total. The molecule has 0 heterocycles. The Balaban J connectivity index is 1.40. The highest BCUT2D eigenvalue weighted by Gasteiger charge is 2.68. The van der Waals surface area contributed by atoms with Gasteiger partial charge in [0.05, 0.1) is 5.60 Å². The third-order valence-corrected chi connectivity index (χ3v) is 7.51. The van der Waals surface area contributed by atoms with Gasteiger partial charge in [-0.1, -0.05) is 6.42 Å². The zero-order valence-electron chi connectivity index (χ0n) is 11.4. The molecule has 6 saturated carbocycles. The summed E-state index contributed by atoms with van der Waals surface area (Å²) in [4.78, 5) is 0. The van der Waals surface area contributed by atoms with Crippen LogP contribution in [0.1, 0.15) is 64.2 Å². The van der Waals surface area contributed by atoms with Crippen LogP contribution in [0.15, 0.2) is 0 Å². The van der Waals surface area contributed by atoms with Crippen LogP contribution < -0.4 is 0 Å². The molecule has 6 fully saturated rings. The van der Waals surface area contributed by atoms with E-state index in [2.05, 4.69) is 0 Å². The summed E-state index contributed by atoms with van der Waals surface area (Å²) in [6.45, 7) is 0. The van der Waals surface area contributed by atoms with Gasteiger partial charge in [-0.2, -0.15) is 0 Å². The van der Waals surface area contributed by atoms with Crippen LogP contribution in [0.2, 0.25) is 0 Å². The summed E-state index contributed by atoms with van der Waals surface area (Å²) in [6.07, 6.45) is 14.3. The lowest BCUT2D eigenvalue weighted by Crippen LogP contribution is -2.48. The molecule has 4 bridgehead atoms. The van der Waals surface area contributed by atoms with Crippen molar-refractivity contribution < 1.29 is 5.11 Å². The molecule has 2 atom stereocenters. The van der Waals surface area contributed by atoms with E-state index in [-0.39, 0.29) is 5.60 Å². The summed E-state index contributed by atoms with van der Waals surface area (Å²) in [6, 6.07) is 0. The third-order valence-electron chi connectivity index (χ3n) is 7.51. The van der Waals surface area contributed by atoms with E-state index in [1.807, 2.05) is 0 Å². The van der Waals surface area contributed by atoms with Gasteiger partial charge in [0, 0.05) is 0 Å². The predicted molar refractivity (Wildman–Crippen MR) is 71.0 cm³/mol. The highest BCUT2D eigenvalue weighted by atomic mass is 16.3. The lowest BCUT2D eigenvalue weighted by atomic mass is 9.48. The molecule has 6 rings (SSSR count). The first-order chi connectivity index (χ1) is 8.67. The minimum absolute atomic E-state index is 0.191. The summed E-state index contributed by atoms with van der Waals surface area (Å²) in [5.41, 5.74) is 0.401. The Hall–Kier alpha value is -0.0400. The lowest BCUT2D eigenvalue weighted by molar-refractivity contribution is -0.0868. The molecule has 0 aromatic heterocycles. The monoisotopic (exact) mass is 246 g/mol. The summed E-state index contributed by atoms with van der Waals surface area (Å²) in [5, 5.41) is 11.0. The maximum atomic E-state index is 11.0. The molecule has 6 aliphatic carbocycles. The minimum atomic E-state index is -0.191.